The van der Waals surface area contributed by atoms with Gasteiger partial charge in [-0.3, -0.25) is 0 Å². The number of nitrogens with zero attached hydrogens (tertiary/aromatic N) is 1. The molecule has 0 aliphatic rings. The Morgan fingerprint density at radius 3 is 0.723 bits per heavy atom. The van der Waals surface area contributed by atoms with Gasteiger partial charge in [0.1, 0.15) is 0 Å². The monoisotopic (exact) mass is 1980 g/mol. The molecule has 0 heterocycles. The van der Waals surface area contributed by atoms with Crippen LogP contribution < -0.4 is 158 Å². The third-order valence-corrected chi connectivity index (χ3v) is 22.0. The van der Waals surface area contributed by atoms with E-state index in [1.807, 2.05) is 48.5 Å². The number of nitrogens with two attached hydrogens (primary N) is 22. The fourth-order valence-corrected chi connectivity index (χ4v) is 11.7. The molecular weight excluding hydrogens is 1720 g/mol. The second-order valence-corrected chi connectivity index (χ2v) is 44.0. The maximum Gasteiger partial charge on any atom is 0.0620 e. The largest absolute Gasteiger partial charge is 0.377 e. The Morgan fingerprint density at radius 1 is 0.241 bits per heavy atom. The summed E-state index contributed by atoms with van der Waals surface area (Å²) < 4.78 is 16.1. The van der Waals surface area contributed by atoms with Crippen LogP contribution in [-0.2, 0) is 14.2 Å². The van der Waals surface area contributed by atoms with E-state index >= 15 is 0 Å². The topological polar surface area (TPSA) is 676 Å². The molecule has 844 valence electrons. The van der Waals surface area contributed by atoms with Crippen LogP contribution in [0.25, 0.3) is 0 Å². The number of ether oxygens (including phenoxy) is 3. The highest BCUT2D eigenvalue weighted by Crippen LogP contribution is 2.24. The molecule has 0 fully saturated rings. The lowest BCUT2D eigenvalue weighted by atomic mass is 9.81. The van der Waals surface area contributed by atoms with Crippen LogP contribution in [0.2, 0.25) is 0 Å². The fourth-order valence-electron chi connectivity index (χ4n) is 11.7. The molecule has 0 aromatic carbocycles. The van der Waals surface area contributed by atoms with Gasteiger partial charge in [0.25, 0.3) is 0 Å². The van der Waals surface area contributed by atoms with Gasteiger partial charge in [-0.25, -0.2) is 0 Å². The minimum atomic E-state index is 0.127. The Labute approximate surface area is 853 Å². The molecule has 0 aliphatic heterocycles. The first kappa shape index (κ1) is 158. The summed E-state index contributed by atoms with van der Waals surface area (Å²) >= 11 is 0. The Hall–Kier alpha value is -1.28. The van der Waals surface area contributed by atoms with E-state index in [4.69, 9.17) is 140 Å². The minimum Gasteiger partial charge on any atom is -0.377 e. The van der Waals surface area contributed by atoms with Gasteiger partial charge < -0.3 is 177 Å². The lowest BCUT2D eigenvalue weighted by molar-refractivity contribution is 0.0660. The summed E-state index contributed by atoms with van der Waals surface area (Å²) in [6, 6.07) is 3.04. The van der Waals surface area contributed by atoms with Gasteiger partial charge in [-0.1, -0.05) is 152 Å². The molecule has 0 bridgehead atoms. The molecule has 0 amide bonds. The SMILES string of the molecule is CC(C)C(C)(C)CNC[C@@H](N)CCCN.CC(C)CCNC[C@@H](N)CCCN.CC(C)CCNC[C@@H](N)CCCN.CC(C)CC[C@@H](N)CN.CC(C)CN(CCN)CCN.CC(C)CNC[C@@H](N)CCC(C)N.CC(C)CNC[C@@H](N)CCC(N)C(C)C.CC(C)CNC[C@@H](N)CCCN.CC(C)OC[C@@H](N)CCC(N)C(C)C.CC(C)OC[C@@H](N)CCCN.CC(C)OC[C@H](N)CCCN. The molecule has 0 saturated heterocycles. The molecule has 13 atom stereocenters. The highest BCUT2D eigenvalue weighted by Gasteiger charge is 2.22. The molecule has 137 heavy (non-hydrogen) atoms. The van der Waals surface area contributed by atoms with Crippen molar-refractivity contribution in [3.63, 3.8) is 0 Å². The van der Waals surface area contributed by atoms with Crippen LogP contribution in [-0.4, -0.2) is 279 Å². The quantitative estimate of drug-likeness (QED) is 0.0256. The summed E-state index contributed by atoms with van der Waals surface area (Å²) in [6.07, 6.45) is 23.7. The molecular formula is C105H261N29O3. The van der Waals surface area contributed by atoms with E-state index in [-0.39, 0.29) is 90.8 Å². The van der Waals surface area contributed by atoms with Crippen LogP contribution in [0, 0.1) is 64.6 Å². The lowest BCUT2D eigenvalue weighted by Gasteiger charge is -2.30. The second-order valence-electron chi connectivity index (χ2n) is 44.0. The lowest BCUT2D eigenvalue weighted by Crippen LogP contribution is -2.40. The summed E-state index contributed by atoms with van der Waals surface area (Å²) in [5, 5.41) is 20.2. The summed E-state index contributed by atoms with van der Waals surface area (Å²) in [5.41, 5.74) is 125. The van der Waals surface area contributed by atoms with Crippen molar-refractivity contribution in [2.45, 2.75) is 439 Å². The van der Waals surface area contributed by atoms with Crippen LogP contribution in [0.15, 0.2) is 0 Å². The van der Waals surface area contributed by atoms with Crippen molar-refractivity contribution in [1.29, 1.82) is 0 Å². The zero-order valence-electron chi connectivity index (χ0n) is 96.5. The molecule has 50 N–H and O–H groups in total. The van der Waals surface area contributed by atoms with Gasteiger partial charge in [0.05, 0.1) is 38.1 Å². The summed E-state index contributed by atoms with van der Waals surface area (Å²) in [6.45, 7) is 86.0. The average molecular weight is 1980 g/mol. The zero-order chi connectivity index (χ0) is 108. The van der Waals surface area contributed by atoms with E-state index in [1.54, 1.807) is 0 Å². The first-order valence-corrected chi connectivity index (χ1v) is 54.9. The van der Waals surface area contributed by atoms with E-state index in [0.29, 0.717) is 79.2 Å². The fraction of sp³-hybridized carbons (Fsp3) is 1.00. The smallest absolute Gasteiger partial charge is 0.0620 e. The maximum absolute atomic E-state index is 5.99. The Kier molecular flexibility index (Phi) is 135. The Morgan fingerprint density at radius 2 is 0.489 bits per heavy atom. The first-order valence-electron chi connectivity index (χ1n) is 54.9. The maximum atomic E-state index is 5.99. The summed E-state index contributed by atoms with van der Waals surface area (Å²) in [4.78, 5) is 2.31. The Bertz CT molecular complexity index is 2120. The van der Waals surface area contributed by atoms with E-state index in [1.165, 1.54) is 19.3 Å². The molecule has 0 aliphatic carbocycles. The van der Waals surface area contributed by atoms with Crippen molar-refractivity contribution in [3.05, 3.63) is 0 Å². The molecule has 3 unspecified atom stereocenters. The zero-order valence-corrected chi connectivity index (χ0v) is 96.5. The van der Waals surface area contributed by atoms with Crippen LogP contribution in [0.4, 0.5) is 0 Å². The predicted octanol–water partition coefficient (Wildman–Crippen LogP) is 8.04. The number of rotatable bonds is 75. The van der Waals surface area contributed by atoms with Gasteiger partial charge in [0, 0.05) is 164 Å². The minimum absolute atomic E-state index is 0.127. The molecule has 0 saturated carbocycles. The molecule has 0 radical (unpaired) electrons. The van der Waals surface area contributed by atoms with E-state index in [0.717, 1.165) is 290 Å². The predicted molar refractivity (Wildman–Crippen MR) is 612 cm³/mol. The number of hydrogen-bond donors (Lipinski definition) is 28. The Balaban J connectivity index is -0.000000142. The van der Waals surface area contributed by atoms with Gasteiger partial charge >= 0.3 is 0 Å². The van der Waals surface area contributed by atoms with E-state index < -0.39 is 0 Å². The standard InChI is InChI=1S/2C12H29N3.C11H26N2O.3C10H25N3.C9H23N3.C8H21N3.2C8H20N2O.C7H18N2/c1-9(2)7-15-8-11(13)5-6-12(14)10(3)4;1-10(2)12(3,4)9-15-8-11(14)6-5-7-13;1-8(2)11(13)6-5-10(12)7-14-9(3)4;1-8(2)6-13-7-10(12)5-4-9(3)11;2*1-9(2)5-7-13-8-10(12)4-3-6-11;1-8(2)6-12-7-9(11)4-3-5-10;1-8(2)7-11(5-3-9)6-4-10;2*1-7(2)11-6-8(10)4-3-5-9;1-6(2)3-4-7(9)5-8/h9-12,15H,5-8,13-14H2,1-4H3;10-11,15H,5-9,13-14H2,1-4H3;8-11H,5-7,12-13H2,1-4H3;8-10,13H,4-7,11-12H2,1-3H3;2*9-10,13H,3-8,11-12H2,1-2H3;8-9,12H,3-7,10-11H2,1-2H3;8H,3-7,9-10H2,1-2H3;2*7-8H,3-6,9-10H2,1-2H3;6-7H,3-5,8-9H2,1-2H3/t11-,12?;11-;10-,11?;9?,10-;2*10-;9-;;2*8-;7-/m0000000.101/s1. The molecule has 0 aromatic heterocycles. The average Bonchev–Trinajstić information content (AvgIpc) is 0.902. The van der Waals surface area contributed by atoms with Gasteiger partial charge in [0.15, 0.2) is 0 Å². The summed E-state index contributed by atoms with van der Waals surface area (Å²) in [5.74, 6) is 6.86. The van der Waals surface area contributed by atoms with E-state index in [9.17, 15) is 0 Å². The molecule has 32 heteroatoms. The highest BCUT2D eigenvalue weighted by molar-refractivity contribution is 4.79. The molecule has 0 aromatic rings. The molecule has 32 nitrogen and oxygen atoms in total. The van der Waals surface area contributed by atoms with Crippen molar-refractivity contribution in [1.82, 2.24) is 36.8 Å². The highest BCUT2D eigenvalue weighted by atomic mass is 16.5. The van der Waals surface area contributed by atoms with Crippen molar-refractivity contribution >= 4 is 0 Å². The van der Waals surface area contributed by atoms with Gasteiger partial charge in [-0.05, 0) is 326 Å². The third-order valence-electron chi connectivity index (χ3n) is 22.0. The normalized spacial score (nSPS) is 14.4. The van der Waals surface area contributed by atoms with Crippen molar-refractivity contribution in [2.75, 3.05) is 177 Å². The second kappa shape index (κ2) is 117. The van der Waals surface area contributed by atoms with Gasteiger partial charge in [0.2, 0.25) is 0 Å². The van der Waals surface area contributed by atoms with Gasteiger partial charge in [-0.2, -0.15) is 0 Å². The molecule has 0 spiro atoms. The van der Waals surface area contributed by atoms with Crippen LogP contribution >= 0.6 is 0 Å². The first-order chi connectivity index (χ1) is 64.0. The van der Waals surface area contributed by atoms with Crippen molar-refractivity contribution in [3.8, 4) is 0 Å². The van der Waals surface area contributed by atoms with Gasteiger partial charge in [-0.15, -0.1) is 0 Å². The summed E-state index contributed by atoms with van der Waals surface area (Å²) in [7, 11) is 0. The van der Waals surface area contributed by atoms with Crippen molar-refractivity contribution in [2.24, 2.45) is 191 Å². The van der Waals surface area contributed by atoms with Crippen LogP contribution in [0.5, 0.6) is 0 Å². The van der Waals surface area contributed by atoms with E-state index in [2.05, 4.69) is 189 Å². The van der Waals surface area contributed by atoms with Crippen LogP contribution in [0.1, 0.15) is 342 Å². The number of nitrogens with one attached hydrogen (secondary N) is 6. The third kappa shape index (κ3) is 158. The number of hydrogen-bond acceptors (Lipinski definition) is 32. The molecule has 0 rings (SSSR count). The van der Waals surface area contributed by atoms with Crippen LogP contribution in [0.3, 0.4) is 0 Å². The van der Waals surface area contributed by atoms with Crippen molar-refractivity contribution < 1.29 is 14.2 Å².